The lowest BCUT2D eigenvalue weighted by Gasteiger charge is -2.19. The fraction of sp³-hybridized carbons (Fsp3) is 0.600. The first kappa shape index (κ1) is 16.1. The van der Waals surface area contributed by atoms with Gasteiger partial charge in [0.1, 0.15) is 10.8 Å². The number of methoxy groups -OCH3 is 1. The summed E-state index contributed by atoms with van der Waals surface area (Å²) in [5, 5.41) is 3.28. The number of aromatic nitrogens is 1. The fourth-order valence-corrected chi connectivity index (χ4v) is 2.60. The van der Waals surface area contributed by atoms with Gasteiger partial charge in [-0.15, -0.1) is 0 Å². The standard InChI is InChI=1S/C15H23N3O2S/c1-19-8-9-20-7-6-17-15-12(14(16)21)10-11-4-2-3-5-13(11)18-15/h10H,2-9H2,1H3,(H2,16,21)(H,17,18). The molecule has 0 atom stereocenters. The summed E-state index contributed by atoms with van der Waals surface area (Å²) in [5.41, 5.74) is 9.11. The second kappa shape index (κ2) is 8.26. The summed E-state index contributed by atoms with van der Waals surface area (Å²) >= 11 is 5.14. The van der Waals surface area contributed by atoms with E-state index >= 15 is 0 Å². The van der Waals surface area contributed by atoms with Crippen LogP contribution in [0.15, 0.2) is 6.07 Å². The molecule has 3 N–H and O–H groups in total. The summed E-state index contributed by atoms with van der Waals surface area (Å²) < 4.78 is 10.4. The zero-order valence-electron chi connectivity index (χ0n) is 12.5. The second-order valence-electron chi connectivity index (χ2n) is 5.09. The van der Waals surface area contributed by atoms with Crippen LogP contribution >= 0.6 is 12.2 Å². The highest BCUT2D eigenvalue weighted by atomic mass is 32.1. The van der Waals surface area contributed by atoms with E-state index in [0.29, 0.717) is 31.4 Å². The molecule has 0 radical (unpaired) electrons. The van der Waals surface area contributed by atoms with Crippen molar-refractivity contribution in [2.24, 2.45) is 5.73 Å². The maximum Gasteiger partial charge on any atom is 0.136 e. The summed E-state index contributed by atoms with van der Waals surface area (Å²) in [4.78, 5) is 5.10. The van der Waals surface area contributed by atoms with Gasteiger partial charge in [-0.25, -0.2) is 4.98 Å². The molecule has 1 aliphatic carbocycles. The van der Waals surface area contributed by atoms with Crippen molar-refractivity contribution >= 4 is 23.0 Å². The molecule has 0 aromatic carbocycles. The van der Waals surface area contributed by atoms with Gasteiger partial charge in [-0.05, 0) is 37.3 Å². The number of hydrogen-bond acceptors (Lipinski definition) is 5. The van der Waals surface area contributed by atoms with E-state index in [2.05, 4.69) is 11.4 Å². The van der Waals surface area contributed by atoms with Crippen molar-refractivity contribution in [2.45, 2.75) is 25.7 Å². The van der Waals surface area contributed by atoms with E-state index in [1.54, 1.807) is 7.11 Å². The number of nitrogens with one attached hydrogen (secondary N) is 1. The van der Waals surface area contributed by atoms with Gasteiger partial charge >= 0.3 is 0 Å². The summed E-state index contributed by atoms with van der Waals surface area (Å²) in [6.45, 7) is 2.47. The Bertz CT molecular complexity index is 494. The van der Waals surface area contributed by atoms with Crippen LogP contribution in [0.25, 0.3) is 0 Å². The third-order valence-corrected chi connectivity index (χ3v) is 3.76. The first-order valence-electron chi connectivity index (χ1n) is 7.35. The van der Waals surface area contributed by atoms with Crippen LogP contribution in [0.5, 0.6) is 0 Å². The molecule has 1 aliphatic rings. The number of rotatable bonds is 8. The van der Waals surface area contributed by atoms with Crippen LogP contribution < -0.4 is 11.1 Å². The van der Waals surface area contributed by atoms with Crippen molar-refractivity contribution in [3.8, 4) is 0 Å². The average Bonchev–Trinajstić information content (AvgIpc) is 2.49. The Kier molecular flexibility index (Phi) is 6.35. The number of pyridine rings is 1. The predicted octanol–water partition coefficient (Wildman–Crippen LogP) is 1.67. The molecule has 0 unspecified atom stereocenters. The molecule has 0 spiro atoms. The largest absolute Gasteiger partial charge is 0.389 e. The van der Waals surface area contributed by atoms with Gasteiger partial charge < -0.3 is 20.5 Å². The van der Waals surface area contributed by atoms with E-state index < -0.39 is 0 Å². The molecule has 0 amide bonds. The molecule has 1 aromatic heterocycles. The molecular weight excluding hydrogens is 286 g/mol. The second-order valence-corrected chi connectivity index (χ2v) is 5.53. The van der Waals surface area contributed by atoms with Gasteiger partial charge in [0, 0.05) is 19.3 Å². The van der Waals surface area contributed by atoms with Crippen LogP contribution in [0.3, 0.4) is 0 Å². The van der Waals surface area contributed by atoms with Crippen LogP contribution in [0.4, 0.5) is 5.82 Å². The number of nitrogens with two attached hydrogens (primary N) is 1. The summed E-state index contributed by atoms with van der Waals surface area (Å²) in [5.74, 6) is 0.776. The van der Waals surface area contributed by atoms with E-state index in [1.807, 2.05) is 0 Å². The SMILES string of the molecule is COCCOCCNc1nc2c(cc1C(N)=S)CCCC2. The lowest BCUT2D eigenvalue weighted by Crippen LogP contribution is -2.20. The zero-order valence-corrected chi connectivity index (χ0v) is 13.3. The highest BCUT2D eigenvalue weighted by Gasteiger charge is 2.16. The molecule has 0 saturated carbocycles. The van der Waals surface area contributed by atoms with Gasteiger partial charge in [0.25, 0.3) is 0 Å². The number of anilines is 1. The molecular formula is C15H23N3O2S. The smallest absolute Gasteiger partial charge is 0.136 e. The maximum absolute atomic E-state index is 5.82. The molecule has 0 bridgehead atoms. The molecule has 6 heteroatoms. The lowest BCUT2D eigenvalue weighted by atomic mass is 9.94. The number of thiocarbonyl (C=S) groups is 1. The highest BCUT2D eigenvalue weighted by molar-refractivity contribution is 7.80. The van der Waals surface area contributed by atoms with Gasteiger partial charge in [0.15, 0.2) is 0 Å². The number of ether oxygens (including phenoxy) is 2. The molecule has 0 saturated heterocycles. The summed E-state index contributed by atoms with van der Waals surface area (Å²) in [6, 6.07) is 2.10. The Hall–Kier alpha value is -1.24. The molecule has 0 fully saturated rings. The van der Waals surface area contributed by atoms with Crippen LogP contribution in [0.1, 0.15) is 29.7 Å². The third-order valence-electron chi connectivity index (χ3n) is 3.54. The van der Waals surface area contributed by atoms with Gasteiger partial charge in [-0.1, -0.05) is 12.2 Å². The number of hydrogen-bond donors (Lipinski definition) is 2. The van der Waals surface area contributed by atoms with Gasteiger partial charge in [-0.2, -0.15) is 0 Å². The Morgan fingerprint density at radius 1 is 1.33 bits per heavy atom. The van der Waals surface area contributed by atoms with Crippen molar-refractivity contribution in [1.82, 2.24) is 4.98 Å². The minimum atomic E-state index is 0.388. The van der Waals surface area contributed by atoms with Gasteiger partial charge in [0.05, 0.1) is 25.4 Å². The Morgan fingerprint density at radius 2 is 2.14 bits per heavy atom. The summed E-state index contributed by atoms with van der Waals surface area (Å²) in [7, 11) is 1.66. The number of nitrogens with zero attached hydrogens (tertiary/aromatic N) is 1. The first-order valence-corrected chi connectivity index (χ1v) is 7.76. The minimum absolute atomic E-state index is 0.388. The first-order chi connectivity index (χ1) is 10.2. The van der Waals surface area contributed by atoms with Crippen molar-refractivity contribution in [1.29, 1.82) is 0 Å². The summed E-state index contributed by atoms with van der Waals surface area (Å²) in [6.07, 6.45) is 4.52. The van der Waals surface area contributed by atoms with Crippen molar-refractivity contribution in [2.75, 3.05) is 38.8 Å². The van der Waals surface area contributed by atoms with E-state index in [1.165, 1.54) is 24.1 Å². The molecule has 116 valence electrons. The molecule has 1 heterocycles. The van der Waals surface area contributed by atoms with E-state index in [4.69, 9.17) is 32.4 Å². The minimum Gasteiger partial charge on any atom is -0.389 e. The van der Waals surface area contributed by atoms with E-state index in [-0.39, 0.29) is 0 Å². The molecule has 21 heavy (non-hydrogen) atoms. The average molecular weight is 309 g/mol. The quantitative estimate of drug-likeness (QED) is 0.562. The van der Waals surface area contributed by atoms with Gasteiger partial charge in [-0.3, -0.25) is 0 Å². The van der Waals surface area contributed by atoms with Gasteiger partial charge in [0.2, 0.25) is 0 Å². The Labute approximate surface area is 131 Å². The fourth-order valence-electron chi connectivity index (χ4n) is 2.44. The zero-order chi connectivity index (χ0) is 15.1. The van der Waals surface area contributed by atoms with E-state index in [9.17, 15) is 0 Å². The van der Waals surface area contributed by atoms with Crippen molar-refractivity contribution in [3.05, 3.63) is 22.9 Å². The Morgan fingerprint density at radius 3 is 2.90 bits per heavy atom. The highest BCUT2D eigenvalue weighted by Crippen LogP contribution is 2.24. The van der Waals surface area contributed by atoms with Crippen molar-refractivity contribution < 1.29 is 9.47 Å². The van der Waals surface area contributed by atoms with E-state index in [0.717, 1.165) is 24.2 Å². The number of fused-ring (bicyclic) bond motifs is 1. The molecule has 2 rings (SSSR count). The predicted molar refractivity (Wildman–Crippen MR) is 88.0 cm³/mol. The van der Waals surface area contributed by atoms with Crippen LogP contribution in [0.2, 0.25) is 0 Å². The molecule has 1 aromatic rings. The topological polar surface area (TPSA) is 69.4 Å². The molecule has 5 nitrogen and oxygen atoms in total. The Balaban J connectivity index is 1.98. The lowest BCUT2D eigenvalue weighted by molar-refractivity contribution is 0.0759. The van der Waals surface area contributed by atoms with Crippen molar-refractivity contribution in [3.63, 3.8) is 0 Å². The maximum atomic E-state index is 5.82. The normalized spacial score (nSPS) is 13.8. The number of aryl methyl sites for hydroxylation is 2. The monoisotopic (exact) mass is 309 g/mol. The van der Waals surface area contributed by atoms with Crippen LogP contribution in [0, 0.1) is 0 Å². The molecule has 0 aliphatic heterocycles. The van der Waals surface area contributed by atoms with Crippen LogP contribution in [-0.2, 0) is 22.3 Å². The third kappa shape index (κ3) is 4.62. The van der Waals surface area contributed by atoms with Crippen LogP contribution in [-0.4, -0.2) is 43.4 Å².